The van der Waals surface area contributed by atoms with Gasteiger partial charge in [-0.15, -0.1) is 6.42 Å². The first-order chi connectivity index (χ1) is 10.3. The van der Waals surface area contributed by atoms with Crippen molar-refractivity contribution in [3.05, 3.63) is 29.8 Å². The number of aliphatic imine (C=N–C) groups is 1. The highest BCUT2D eigenvalue weighted by molar-refractivity contribution is 5.80. The smallest absolute Gasteiger partial charge is 0.192 e. The monoisotopic (exact) mass is 285 g/mol. The van der Waals surface area contributed by atoms with E-state index in [1.807, 2.05) is 25.1 Å². The molecule has 0 spiro atoms. The molecule has 1 aliphatic rings. The highest BCUT2D eigenvalue weighted by atomic mass is 16.5. The lowest BCUT2D eigenvalue weighted by atomic mass is 9.96. The van der Waals surface area contributed by atoms with Crippen molar-refractivity contribution in [1.29, 1.82) is 0 Å². The van der Waals surface area contributed by atoms with Crippen molar-refractivity contribution in [1.82, 2.24) is 10.6 Å². The van der Waals surface area contributed by atoms with Gasteiger partial charge < -0.3 is 15.4 Å². The molecule has 1 aromatic rings. The Morgan fingerprint density at radius 3 is 2.86 bits per heavy atom. The summed E-state index contributed by atoms with van der Waals surface area (Å²) < 4.78 is 6.01. The van der Waals surface area contributed by atoms with Crippen LogP contribution < -0.4 is 15.4 Å². The van der Waals surface area contributed by atoms with Crippen LogP contribution in [0.25, 0.3) is 0 Å². The Balaban J connectivity index is 2.01. The Kier molecular flexibility index (Phi) is 5.96. The van der Waals surface area contributed by atoms with Gasteiger partial charge in [-0.1, -0.05) is 24.1 Å². The van der Waals surface area contributed by atoms with Crippen LogP contribution >= 0.6 is 0 Å². The predicted octanol–water partition coefficient (Wildman–Crippen LogP) is 2.31. The predicted molar refractivity (Wildman–Crippen MR) is 86.4 cm³/mol. The van der Waals surface area contributed by atoms with Crippen molar-refractivity contribution in [2.24, 2.45) is 4.99 Å². The summed E-state index contributed by atoms with van der Waals surface area (Å²) in [4.78, 5) is 4.55. The number of hydrogen-bond donors (Lipinski definition) is 2. The van der Waals surface area contributed by atoms with Crippen LogP contribution in [0.15, 0.2) is 29.3 Å². The maximum absolute atomic E-state index is 6.01. The molecule has 1 saturated carbocycles. The van der Waals surface area contributed by atoms with Crippen LogP contribution in [-0.2, 0) is 6.54 Å². The fourth-order valence-electron chi connectivity index (χ4n) is 2.06. The molecule has 21 heavy (non-hydrogen) atoms. The van der Waals surface area contributed by atoms with Gasteiger partial charge in [0.15, 0.2) is 5.96 Å². The molecule has 2 N–H and O–H groups in total. The summed E-state index contributed by atoms with van der Waals surface area (Å²) in [5.41, 5.74) is 1.10. The normalized spacial score (nSPS) is 15.0. The third kappa shape index (κ3) is 4.71. The summed E-state index contributed by atoms with van der Waals surface area (Å²) >= 11 is 0. The minimum Gasteiger partial charge on any atom is -0.490 e. The molecular weight excluding hydrogens is 262 g/mol. The lowest BCUT2D eigenvalue weighted by molar-refractivity contribution is 0.119. The molecule has 0 aliphatic heterocycles. The molecule has 4 nitrogen and oxygen atoms in total. The average Bonchev–Trinajstić information content (AvgIpc) is 2.47. The van der Waals surface area contributed by atoms with Crippen molar-refractivity contribution < 1.29 is 4.74 Å². The molecule has 2 rings (SSSR count). The van der Waals surface area contributed by atoms with E-state index in [9.17, 15) is 0 Å². The maximum atomic E-state index is 6.01. The molecule has 0 bridgehead atoms. The summed E-state index contributed by atoms with van der Waals surface area (Å²) in [5.74, 6) is 4.22. The Labute approximate surface area is 127 Å². The molecule has 1 fully saturated rings. The Bertz CT molecular complexity index is 515. The fourth-order valence-corrected chi connectivity index (χ4v) is 2.06. The zero-order valence-corrected chi connectivity index (χ0v) is 12.6. The maximum Gasteiger partial charge on any atom is 0.192 e. The van der Waals surface area contributed by atoms with E-state index in [1.54, 1.807) is 0 Å². The zero-order chi connectivity index (χ0) is 14.9. The largest absolute Gasteiger partial charge is 0.490 e. The first-order valence-electron chi connectivity index (χ1n) is 7.53. The quantitative estimate of drug-likeness (QED) is 0.479. The third-order valence-electron chi connectivity index (χ3n) is 3.43. The van der Waals surface area contributed by atoms with Gasteiger partial charge in [0, 0.05) is 12.1 Å². The lowest BCUT2D eigenvalue weighted by Crippen LogP contribution is -2.37. The van der Waals surface area contributed by atoms with E-state index in [0.717, 1.165) is 36.7 Å². The van der Waals surface area contributed by atoms with Gasteiger partial charge in [-0.3, -0.25) is 0 Å². The summed E-state index contributed by atoms with van der Waals surface area (Å²) in [6.07, 6.45) is 9.23. The van der Waals surface area contributed by atoms with Gasteiger partial charge in [-0.05, 0) is 32.3 Å². The second-order valence-electron chi connectivity index (χ2n) is 5.03. The molecule has 1 aliphatic carbocycles. The molecule has 0 radical (unpaired) electrons. The molecule has 1 aromatic carbocycles. The Morgan fingerprint density at radius 2 is 2.19 bits per heavy atom. The fraction of sp³-hybridized carbons (Fsp3) is 0.471. The molecule has 0 aromatic heterocycles. The van der Waals surface area contributed by atoms with Crippen molar-refractivity contribution in [2.75, 3.05) is 13.1 Å². The summed E-state index contributed by atoms with van der Waals surface area (Å²) in [5, 5.41) is 6.26. The van der Waals surface area contributed by atoms with E-state index < -0.39 is 0 Å². The van der Waals surface area contributed by atoms with Crippen molar-refractivity contribution >= 4 is 5.96 Å². The first kappa shape index (κ1) is 15.2. The first-order valence-corrected chi connectivity index (χ1v) is 7.53. The molecule has 0 atom stereocenters. The van der Waals surface area contributed by atoms with Crippen LogP contribution in [0.1, 0.15) is 31.7 Å². The molecule has 112 valence electrons. The van der Waals surface area contributed by atoms with Gasteiger partial charge in [0.05, 0.1) is 19.2 Å². The van der Waals surface area contributed by atoms with Gasteiger partial charge >= 0.3 is 0 Å². The van der Waals surface area contributed by atoms with Gasteiger partial charge in [0.25, 0.3) is 0 Å². The highest BCUT2D eigenvalue weighted by Gasteiger charge is 2.20. The molecule has 0 heterocycles. The minimum atomic E-state index is 0.378. The molecule has 0 amide bonds. The minimum absolute atomic E-state index is 0.378. The van der Waals surface area contributed by atoms with Crippen molar-refractivity contribution in [2.45, 2.75) is 38.8 Å². The van der Waals surface area contributed by atoms with Crippen LogP contribution in [0, 0.1) is 12.3 Å². The SMILES string of the molecule is C#CCNC(=NCc1ccccc1OC1CCC1)NCC. The molecule has 0 saturated heterocycles. The van der Waals surface area contributed by atoms with E-state index in [1.165, 1.54) is 6.42 Å². The van der Waals surface area contributed by atoms with Gasteiger partial charge in [0.2, 0.25) is 0 Å². The zero-order valence-electron chi connectivity index (χ0n) is 12.6. The van der Waals surface area contributed by atoms with Crippen LogP contribution in [0.3, 0.4) is 0 Å². The summed E-state index contributed by atoms with van der Waals surface area (Å²) in [7, 11) is 0. The molecule has 0 unspecified atom stereocenters. The number of para-hydroxylation sites is 1. The molecular formula is C17H23N3O. The van der Waals surface area contributed by atoms with Gasteiger partial charge in [0.1, 0.15) is 5.75 Å². The van der Waals surface area contributed by atoms with E-state index in [0.29, 0.717) is 19.2 Å². The Hall–Kier alpha value is -2.15. The number of guanidine groups is 1. The van der Waals surface area contributed by atoms with E-state index in [2.05, 4.69) is 27.6 Å². The van der Waals surface area contributed by atoms with Crippen LogP contribution in [0.5, 0.6) is 5.75 Å². The topological polar surface area (TPSA) is 45.7 Å². The van der Waals surface area contributed by atoms with E-state index in [-0.39, 0.29) is 0 Å². The number of hydrogen-bond acceptors (Lipinski definition) is 2. The number of rotatable bonds is 6. The number of terminal acetylenes is 1. The number of nitrogens with one attached hydrogen (secondary N) is 2. The summed E-state index contributed by atoms with van der Waals surface area (Å²) in [6, 6.07) is 8.09. The second kappa shape index (κ2) is 8.21. The van der Waals surface area contributed by atoms with Crippen LogP contribution in [0.2, 0.25) is 0 Å². The third-order valence-corrected chi connectivity index (χ3v) is 3.43. The highest BCUT2D eigenvalue weighted by Crippen LogP contribution is 2.27. The van der Waals surface area contributed by atoms with Gasteiger partial charge in [-0.25, -0.2) is 4.99 Å². The summed E-state index contributed by atoms with van der Waals surface area (Å²) in [6.45, 7) is 3.87. The Morgan fingerprint density at radius 1 is 1.38 bits per heavy atom. The number of benzene rings is 1. The number of nitrogens with zero attached hydrogens (tertiary/aromatic N) is 1. The van der Waals surface area contributed by atoms with Crippen LogP contribution in [0.4, 0.5) is 0 Å². The van der Waals surface area contributed by atoms with E-state index >= 15 is 0 Å². The number of ether oxygens (including phenoxy) is 1. The van der Waals surface area contributed by atoms with Gasteiger partial charge in [-0.2, -0.15) is 0 Å². The van der Waals surface area contributed by atoms with Crippen LogP contribution in [-0.4, -0.2) is 25.2 Å². The average molecular weight is 285 g/mol. The van der Waals surface area contributed by atoms with Crippen molar-refractivity contribution in [3.8, 4) is 18.1 Å². The van der Waals surface area contributed by atoms with E-state index in [4.69, 9.17) is 11.2 Å². The van der Waals surface area contributed by atoms with Crippen molar-refractivity contribution in [3.63, 3.8) is 0 Å². The lowest BCUT2D eigenvalue weighted by Gasteiger charge is -2.27. The molecule has 4 heteroatoms. The standard InChI is InChI=1S/C17H23N3O/c1-3-12-19-17(18-4-2)20-13-14-8-5-6-11-16(14)21-15-9-7-10-15/h1,5-6,8,11,15H,4,7,9-10,12-13H2,2H3,(H2,18,19,20). The second-order valence-corrected chi connectivity index (χ2v) is 5.03.